The molecule has 0 spiro atoms. The van der Waals surface area contributed by atoms with Crippen LogP contribution in [0.3, 0.4) is 0 Å². The van der Waals surface area contributed by atoms with Crippen molar-refractivity contribution < 1.29 is 0 Å². The Bertz CT molecular complexity index is 2560. The van der Waals surface area contributed by atoms with Gasteiger partial charge in [0.1, 0.15) is 0 Å². The van der Waals surface area contributed by atoms with Gasteiger partial charge in [-0.05, 0) is 99.2 Å². The first kappa shape index (κ1) is 24.0. The Morgan fingerprint density at radius 3 is 1.59 bits per heavy atom. The van der Waals surface area contributed by atoms with E-state index in [1.54, 1.807) is 0 Å². The molecule has 0 heteroatoms. The molecule has 0 bridgehead atoms. The second kappa shape index (κ2) is 9.02. The van der Waals surface area contributed by atoms with Crippen LogP contribution in [0.1, 0.15) is 22.6 Å². The number of benzene rings is 9. The van der Waals surface area contributed by atoms with E-state index in [9.17, 15) is 0 Å². The molecule has 1 aliphatic carbocycles. The summed E-state index contributed by atoms with van der Waals surface area (Å²) in [5.41, 5.74) is 9.49. The minimum absolute atomic E-state index is 0.289. The highest BCUT2D eigenvalue weighted by atomic mass is 14.3. The SMILES string of the molecule is c1ccc(-c2ccc3c4c2ccc2cccc(c24)C(c2ccc4ccc5c(-c6ccccc6)ccc6ccc2c4c65)C3)cc1. The van der Waals surface area contributed by atoms with Gasteiger partial charge in [-0.1, -0.05) is 152 Å². The first-order chi connectivity index (χ1) is 21.8. The summed E-state index contributed by atoms with van der Waals surface area (Å²) in [5, 5.41) is 13.7. The second-order valence-corrected chi connectivity index (χ2v) is 12.4. The monoisotopic (exact) mass is 556 g/mol. The van der Waals surface area contributed by atoms with Gasteiger partial charge in [0.25, 0.3) is 0 Å². The molecule has 1 aliphatic rings. The van der Waals surface area contributed by atoms with E-state index in [-0.39, 0.29) is 5.92 Å². The summed E-state index contributed by atoms with van der Waals surface area (Å²) in [4.78, 5) is 0. The van der Waals surface area contributed by atoms with E-state index in [4.69, 9.17) is 0 Å². The third-order valence-corrected chi connectivity index (χ3v) is 10.2. The van der Waals surface area contributed by atoms with Gasteiger partial charge in [0.2, 0.25) is 0 Å². The first-order valence-electron chi connectivity index (χ1n) is 15.6. The molecule has 0 nitrogen and oxygen atoms in total. The molecule has 0 heterocycles. The zero-order valence-corrected chi connectivity index (χ0v) is 24.2. The highest BCUT2D eigenvalue weighted by Crippen LogP contribution is 2.48. The van der Waals surface area contributed by atoms with Crippen LogP contribution in [0.15, 0.2) is 152 Å². The molecule has 10 rings (SSSR count). The lowest BCUT2D eigenvalue weighted by Crippen LogP contribution is -2.11. The predicted molar refractivity (Wildman–Crippen MR) is 188 cm³/mol. The normalized spacial score (nSPS) is 14.5. The lowest BCUT2D eigenvalue weighted by Gasteiger charge is -2.29. The Hall–Kier alpha value is -5.46. The van der Waals surface area contributed by atoms with Gasteiger partial charge in [-0.3, -0.25) is 0 Å². The molecule has 9 aromatic rings. The van der Waals surface area contributed by atoms with Gasteiger partial charge in [-0.2, -0.15) is 0 Å². The lowest BCUT2D eigenvalue weighted by atomic mass is 9.74. The molecule has 0 radical (unpaired) electrons. The number of hydrogen-bond donors (Lipinski definition) is 0. The molecule has 1 atom stereocenters. The Balaban J connectivity index is 1.24. The van der Waals surface area contributed by atoms with E-state index < -0.39 is 0 Å². The van der Waals surface area contributed by atoms with Gasteiger partial charge in [0, 0.05) is 5.92 Å². The summed E-state index contributed by atoms with van der Waals surface area (Å²) in [5.74, 6) is 0.289. The summed E-state index contributed by atoms with van der Waals surface area (Å²) in [6.45, 7) is 0. The molecule has 44 heavy (non-hydrogen) atoms. The van der Waals surface area contributed by atoms with Crippen LogP contribution in [0.2, 0.25) is 0 Å². The summed E-state index contributed by atoms with van der Waals surface area (Å²) >= 11 is 0. The average Bonchev–Trinajstić information content (AvgIpc) is 3.10. The van der Waals surface area contributed by atoms with Crippen molar-refractivity contribution in [3.63, 3.8) is 0 Å². The third kappa shape index (κ3) is 3.28. The number of rotatable bonds is 3. The van der Waals surface area contributed by atoms with Crippen LogP contribution in [-0.4, -0.2) is 0 Å². The van der Waals surface area contributed by atoms with E-state index in [0.29, 0.717) is 0 Å². The van der Waals surface area contributed by atoms with E-state index in [1.165, 1.54) is 92.8 Å². The minimum atomic E-state index is 0.289. The van der Waals surface area contributed by atoms with Crippen molar-refractivity contribution >= 4 is 53.9 Å². The van der Waals surface area contributed by atoms with Crippen molar-refractivity contribution in [3.8, 4) is 22.3 Å². The van der Waals surface area contributed by atoms with Crippen molar-refractivity contribution in [2.24, 2.45) is 0 Å². The van der Waals surface area contributed by atoms with Crippen LogP contribution >= 0.6 is 0 Å². The van der Waals surface area contributed by atoms with Gasteiger partial charge < -0.3 is 0 Å². The fourth-order valence-electron chi connectivity index (χ4n) is 8.26. The largest absolute Gasteiger partial charge is 0.0622 e. The summed E-state index contributed by atoms with van der Waals surface area (Å²) < 4.78 is 0. The molecule has 0 N–H and O–H groups in total. The van der Waals surface area contributed by atoms with Gasteiger partial charge >= 0.3 is 0 Å². The molecule has 0 aliphatic heterocycles. The van der Waals surface area contributed by atoms with Crippen molar-refractivity contribution in [1.29, 1.82) is 0 Å². The van der Waals surface area contributed by atoms with Crippen LogP contribution in [0.25, 0.3) is 76.1 Å². The third-order valence-electron chi connectivity index (χ3n) is 10.2. The zero-order valence-electron chi connectivity index (χ0n) is 24.2. The van der Waals surface area contributed by atoms with Crippen LogP contribution in [-0.2, 0) is 6.42 Å². The van der Waals surface area contributed by atoms with Crippen LogP contribution in [0, 0.1) is 0 Å². The molecule has 204 valence electrons. The van der Waals surface area contributed by atoms with E-state index >= 15 is 0 Å². The maximum absolute atomic E-state index is 2.41. The average molecular weight is 557 g/mol. The van der Waals surface area contributed by atoms with E-state index in [0.717, 1.165) is 6.42 Å². The molecule has 0 fully saturated rings. The van der Waals surface area contributed by atoms with Gasteiger partial charge in [0.05, 0.1) is 0 Å². The first-order valence-corrected chi connectivity index (χ1v) is 15.6. The highest BCUT2D eigenvalue weighted by molar-refractivity contribution is 6.26. The van der Waals surface area contributed by atoms with Crippen LogP contribution in [0.5, 0.6) is 0 Å². The van der Waals surface area contributed by atoms with E-state index in [2.05, 4.69) is 152 Å². The fourth-order valence-corrected chi connectivity index (χ4v) is 8.26. The Morgan fingerprint density at radius 2 is 0.886 bits per heavy atom. The van der Waals surface area contributed by atoms with Crippen LogP contribution in [0.4, 0.5) is 0 Å². The van der Waals surface area contributed by atoms with Gasteiger partial charge in [-0.25, -0.2) is 0 Å². The molecule has 0 saturated heterocycles. The molecular formula is C44H28. The van der Waals surface area contributed by atoms with Gasteiger partial charge in [0.15, 0.2) is 0 Å². The second-order valence-electron chi connectivity index (χ2n) is 12.4. The predicted octanol–water partition coefficient (Wildman–Crippen LogP) is 11.9. The van der Waals surface area contributed by atoms with Crippen molar-refractivity contribution in [2.75, 3.05) is 0 Å². The maximum Gasteiger partial charge on any atom is 0.0142 e. The topological polar surface area (TPSA) is 0 Å². The Morgan fingerprint density at radius 1 is 0.341 bits per heavy atom. The summed E-state index contributed by atoms with van der Waals surface area (Å²) in [6, 6.07) is 56.7. The smallest absolute Gasteiger partial charge is 0.0142 e. The molecule has 9 aromatic carbocycles. The standard InChI is InChI=1S/C44H28/c1-3-8-27(9-4-1)33-20-14-30-18-25-39-35(22-15-31-17-24-37(33)42(30)43(31)39)40-26-32-19-21-34(28-10-5-2-6-11-28)38-23-16-29-12-7-13-36(40)41(29)44(32)38/h1-25,40H,26H2. The molecule has 0 amide bonds. The van der Waals surface area contributed by atoms with Crippen molar-refractivity contribution in [2.45, 2.75) is 12.3 Å². The molecular weight excluding hydrogens is 528 g/mol. The van der Waals surface area contributed by atoms with Crippen molar-refractivity contribution in [3.05, 3.63) is 168 Å². The Labute approximate surface area is 256 Å². The summed E-state index contributed by atoms with van der Waals surface area (Å²) in [6.07, 6.45) is 1.00. The number of hydrogen-bond acceptors (Lipinski definition) is 0. The van der Waals surface area contributed by atoms with E-state index in [1.807, 2.05) is 0 Å². The quantitative estimate of drug-likeness (QED) is 0.190. The molecule has 0 aromatic heterocycles. The minimum Gasteiger partial charge on any atom is -0.0622 e. The highest BCUT2D eigenvalue weighted by Gasteiger charge is 2.28. The Kier molecular flexibility index (Phi) is 4.93. The molecule has 1 unspecified atom stereocenters. The molecule has 0 saturated carbocycles. The van der Waals surface area contributed by atoms with Gasteiger partial charge in [-0.15, -0.1) is 0 Å². The fraction of sp³-hybridized carbons (Fsp3) is 0.0455. The lowest BCUT2D eigenvalue weighted by molar-refractivity contribution is 0.817. The van der Waals surface area contributed by atoms with Crippen LogP contribution < -0.4 is 0 Å². The summed E-state index contributed by atoms with van der Waals surface area (Å²) in [7, 11) is 0. The zero-order chi connectivity index (χ0) is 28.8. The van der Waals surface area contributed by atoms with Crippen molar-refractivity contribution in [1.82, 2.24) is 0 Å². The maximum atomic E-state index is 2.41.